The van der Waals surface area contributed by atoms with E-state index in [4.69, 9.17) is 0 Å². The second kappa shape index (κ2) is 8.27. The predicted molar refractivity (Wildman–Crippen MR) is 104 cm³/mol. The van der Waals surface area contributed by atoms with Crippen molar-refractivity contribution in [1.29, 1.82) is 0 Å². The van der Waals surface area contributed by atoms with Gasteiger partial charge in [-0.1, -0.05) is 20.8 Å². The maximum absolute atomic E-state index is 12.5. The number of nitrogens with zero attached hydrogens (tertiary/aromatic N) is 2. The van der Waals surface area contributed by atoms with Gasteiger partial charge in [0.25, 0.3) is 5.91 Å². The first-order chi connectivity index (χ1) is 13.1. The molecule has 0 radical (unpaired) electrons. The van der Waals surface area contributed by atoms with Crippen molar-refractivity contribution in [3.8, 4) is 0 Å². The van der Waals surface area contributed by atoms with E-state index in [9.17, 15) is 22.8 Å². The van der Waals surface area contributed by atoms with Crippen molar-refractivity contribution >= 4 is 33.6 Å². The SMILES string of the molecule is CCN(CC)S(=O)(=O)c1ccc(NC(=O)CN2C(=O)N[C@](C)(CC)C2=O)cc1. The van der Waals surface area contributed by atoms with Gasteiger partial charge in [0.05, 0.1) is 4.90 Å². The van der Waals surface area contributed by atoms with E-state index >= 15 is 0 Å². The Morgan fingerprint density at radius 2 is 1.71 bits per heavy atom. The summed E-state index contributed by atoms with van der Waals surface area (Å²) in [5.41, 5.74) is -0.633. The maximum Gasteiger partial charge on any atom is 0.325 e. The summed E-state index contributed by atoms with van der Waals surface area (Å²) in [5.74, 6) is -1.00. The van der Waals surface area contributed by atoms with Crippen LogP contribution in [0.3, 0.4) is 0 Å². The lowest BCUT2D eigenvalue weighted by Gasteiger charge is -2.19. The zero-order valence-electron chi connectivity index (χ0n) is 16.5. The van der Waals surface area contributed by atoms with Crippen LogP contribution in [0.5, 0.6) is 0 Å². The van der Waals surface area contributed by atoms with Crippen LogP contribution in [0.1, 0.15) is 34.1 Å². The first kappa shape index (κ1) is 21.8. The van der Waals surface area contributed by atoms with E-state index in [1.807, 2.05) is 0 Å². The van der Waals surface area contributed by atoms with Crippen molar-refractivity contribution in [2.24, 2.45) is 0 Å². The Balaban J connectivity index is 2.06. The molecule has 0 aromatic heterocycles. The molecule has 2 N–H and O–H groups in total. The summed E-state index contributed by atoms with van der Waals surface area (Å²) >= 11 is 0. The highest BCUT2D eigenvalue weighted by atomic mass is 32.2. The smallest absolute Gasteiger partial charge is 0.325 e. The van der Waals surface area contributed by atoms with Crippen molar-refractivity contribution < 1.29 is 22.8 Å². The van der Waals surface area contributed by atoms with E-state index in [0.717, 1.165) is 4.90 Å². The van der Waals surface area contributed by atoms with Crippen molar-refractivity contribution in [3.63, 3.8) is 0 Å². The maximum atomic E-state index is 12.5. The third-order valence-electron chi connectivity index (χ3n) is 4.84. The van der Waals surface area contributed by atoms with Crippen LogP contribution in [0.15, 0.2) is 29.2 Å². The van der Waals surface area contributed by atoms with Gasteiger partial charge in [0.15, 0.2) is 0 Å². The zero-order valence-corrected chi connectivity index (χ0v) is 17.3. The summed E-state index contributed by atoms with van der Waals surface area (Å²) in [6.45, 7) is 7.21. The van der Waals surface area contributed by atoms with Crippen molar-refractivity contribution in [1.82, 2.24) is 14.5 Å². The van der Waals surface area contributed by atoms with E-state index in [2.05, 4.69) is 10.6 Å². The van der Waals surface area contributed by atoms with E-state index in [1.54, 1.807) is 27.7 Å². The predicted octanol–water partition coefficient (Wildman–Crippen LogP) is 1.38. The average molecular weight is 410 g/mol. The van der Waals surface area contributed by atoms with Crippen molar-refractivity contribution in [3.05, 3.63) is 24.3 Å². The molecule has 9 nitrogen and oxygen atoms in total. The van der Waals surface area contributed by atoms with Crippen LogP contribution in [0.4, 0.5) is 10.5 Å². The number of urea groups is 1. The molecule has 1 aliphatic rings. The average Bonchev–Trinajstić information content (AvgIpc) is 2.86. The van der Waals surface area contributed by atoms with Crippen LogP contribution in [0, 0.1) is 0 Å². The second-order valence-electron chi connectivity index (χ2n) is 6.67. The third-order valence-corrected chi connectivity index (χ3v) is 6.90. The largest absolute Gasteiger partial charge is 0.325 e. The third kappa shape index (κ3) is 4.17. The van der Waals surface area contributed by atoms with Gasteiger partial charge in [0.2, 0.25) is 15.9 Å². The fourth-order valence-corrected chi connectivity index (χ4v) is 4.36. The molecule has 0 bridgehead atoms. The number of nitrogens with one attached hydrogen (secondary N) is 2. The molecular formula is C18H26N4O5S. The standard InChI is InChI=1S/C18H26N4O5S/c1-5-18(4)16(24)22(17(25)20-18)12-15(23)19-13-8-10-14(11-9-13)28(26,27)21(6-2)7-3/h8-11H,5-7,12H2,1-4H3,(H,19,23)(H,20,25)/t18-/m1/s1. The molecule has 0 saturated carbocycles. The Morgan fingerprint density at radius 3 is 2.18 bits per heavy atom. The summed E-state index contributed by atoms with van der Waals surface area (Å²) < 4.78 is 26.3. The van der Waals surface area contributed by atoms with Crippen LogP contribution in [0.2, 0.25) is 0 Å². The van der Waals surface area contributed by atoms with Crippen LogP contribution in [0.25, 0.3) is 0 Å². The minimum absolute atomic E-state index is 0.127. The molecule has 1 atom stereocenters. The summed E-state index contributed by atoms with van der Waals surface area (Å²) in [6.07, 6.45) is 0.415. The topological polar surface area (TPSA) is 116 Å². The second-order valence-corrected chi connectivity index (χ2v) is 8.61. The number of rotatable bonds is 8. The van der Waals surface area contributed by atoms with E-state index in [0.29, 0.717) is 25.2 Å². The van der Waals surface area contributed by atoms with Gasteiger partial charge in [0.1, 0.15) is 12.1 Å². The number of amides is 4. The molecule has 1 aliphatic heterocycles. The van der Waals surface area contributed by atoms with Gasteiger partial charge in [-0.3, -0.25) is 14.5 Å². The molecule has 1 fully saturated rings. The zero-order chi connectivity index (χ0) is 21.1. The van der Waals surface area contributed by atoms with E-state index in [1.165, 1.54) is 28.6 Å². The minimum atomic E-state index is -3.58. The van der Waals surface area contributed by atoms with Gasteiger partial charge in [-0.2, -0.15) is 4.31 Å². The number of imide groups is 1. The van der Waals surface area contributed by atoms with Crippen molar-refractivity contribution in [2.75, 3.05) is 25.0 Å². The van der Waals surface area contributed by atoms with Gasteiger partial charge < -0.3 is 10.6 Å². The molecular weight excluding hydrogens is 384 g/mol. The van der Waals surface area contributed by atoms with Crippen LogP contribution in [-0.2, 0) is 19.6 Å². The Hall–Kier alpha value is -2.46. The fourth-order valence-electron chi connectivity index (χ4n) is 2.90. The Morgan fingerprint density at radius 1 is 1.14 bits per heavy atom. The molecule has 0 aliphatic carbocycles. The first-order valence-corrected chi connectivity index (χ1v) is 10.6. The lowest BCUT2D eigenvalue weighted by Crippen LogP contribution is -2.44. The highest BCUT2D eigenvalue weighted by molar-refractivity contribution is 7.89. The number of benzene rings is 1. The Bertz CT molecular complexity index is 864. The molecule has 4 amide bonds. The quantitative estimate of drug-likeness (QED) is 0.628. The molecule has 154 valence electrons. The molecule has 1 aromatic carbocycles. The van der Waals surface area contributed by atoms with Gasteiger partial charge in [0, 0.05) is 18.8 Å². The monoisotopic (exact) mass is 410 g/mol. The molecule has 0 unspecified atom stereocenters. The van der Waals surface area contributed by atoms with Gasteiger partial charge in [-0.15, -0.1) is 0 Å². The summed E-state index contributed by atoms with van der Waals surface area (Å²) in [7, 11) is -3.58. The van der Waals surface area contributed by atoms with E-state index < -0.39 is 40.0 Å². The Labute approximate surface area is 165 Å². The lowest BCUT2D eigenvalue weighted by molar-refractivity contribution is -0.133. The lowest BCUT2D eigenvalue weighted by atomic mass is 9.99. The first-order valence-electron chi connectivity index (χ1n) is 9.13. The minimum Gasteiger partial charge on any atom is -0.325 e. The number of sulfonamides is 1. The summed E-state index contributed by atoms with van der Waals surface area (Å²) in [6, 6.07) is 5.15. The fraction of sp³-hybridized carbons (Fsp3) is 0.500. The number of carbonyl (C=O) groups excluding carboxylic acids is 3. The normalized spacial score (nSPS) is 19.8. The Kier molecular flexibility index (Phi) is 6.45. The summed E-state index contributed by atoms with van der Waals surface area (Å²) in [4.78, 5) is 37.5. The number of anilines is 1. The molecule has 1 aromatic rings. The highest BCUT2D eigenvalue weighted by Gasteiger charge is 2.46. The van der Waals surface area contributed by atoms with E-state index in [-0.39, 0.29) is 4.90 Å². The highest BCUT2D eigenvalue weighted by Crippen LogP contribution is 2.21. The number of carbonyl (C=O) groups is 3. The number of hydrogen-bond donors (Lipinski definition) is 2. The van der Waals surface area contributed by atoms with Crippen LogP contribution in [-0.4, -0.2) is 60.6 Å². The van der Waals surface area contributed by atoms with Crippen LogP contribution >= 0.6 is 0 Å². The van der Waals surface area contributed by atoms with Gasteiger partial charge in [-0.05, 0) is 37.6 Å². The summed E-state index contributed by atoms with van der Waals surface area (Å²) in [5, 5.41) is 5.15. The molecule has 1 saturated heterocycles. The van der Waals surface area contributed by atoms with Gasteiger partial charge >= 0.3 is 6.03 Å². The van der Waals surface area contributed by atoms with Crippen LogP contribution < -0.4 is 10.6 Å². The van der Waals surface area contributed by atoms with Gasteiger partial charge in [-0.25, -0.2) is 13.2 Å². The molecule has 10 heteroatoms. The molecule has 1 heterocycles. The van der Waals surface area contributed by atoms with Crippen molar-refractivity contribution in [2.45, 2.75) is 44.6 Å². The molecule has 28 heavy (non-hydrogen) atoms. The molecule has 2 rings (SSSR count). The number of hydrogen-bond acceptors (Lipinski definition) is 5. The molecule has 0 spiro atoms.